The molecule has 0 spiro atoms. The molecule has 0 heterocycles. The third kappa shape index (κ3) is 2.09. The van der Waals surface area contributed by atoms with E-state index < -0.39 is 0 Å². The zero-order valence-corrected chi connectivity index (χ0v) is 8.63. The maximum absolute atomic E-state index is 8.79. The minimum Gasteiger partial charge on any atom is -0.497 e. The zero-order chi connectivity index (χ0) is 10.6. The van der Waals surface area contributed by atoms with Gasteiger partial charge in [-0.25, -0.2) is 0 Å². The summed E-state index contributed by atoms with van der Waals surface area (Å²) in [6.07, 6.45) is 0. The van der Waals surface area contributed by atoms with Crippen LogP contribution in [-0.4, -0.2) is 26.1 Å². The topological polar surface area (TPSA) is 50.7 Å². The third-order valence-corrected chi connectivity index (χ3v) is 1.98. The Labute approximate surface area is 83.5 Å². The van der Waals surface area contributed by atoms with Crippen molar-refractivity contribution < 1.29 is 14.6 Å². The van der Waals surface area contributed by atoms with E-state index >= 15 is 0 Å². The quantitative estimate of drug-likeness (QED) is 0.716. The molecular formula is C10H15NO3. The summed E-state index contributed by atoms with van der Waals surface area (Å²) in [7, 11) is 3.18. The number of aliphatic hydroxyl groups excluding tert-OH is 1. The molecule has 1 aromatic rings. The highest BCUT2D eigenvalue weighted by Gasteiger charge is 2.08. The number of anilines is 1. The second-order valence-corrected chi connectivity index (χ2v) is 2.86. The lowest BCUT2D eigenvalue weighted by Crippen LogP contribution is -2.04. The largest absolute Gasteiger partial charge is 0.497 e. The molecule has 0 aliphatic heterocycles. The lowest BCUT2D eigenvalue weighted by Gasteiger charge is -2.13. The molecule has 0 bridgehead atoms. The summed E-state index contributed by atoms with van der Waals surface area (Å²) in [6, 6.07) is 3.64. The average molecular weight is 197 g/mol. The highest BCUT2D eigenvalue weighted by Crippen LogP contribution is 2.32. The highest BCUT2D eigenvalue weighted by molar-refractivity contribution is 5.64. The Bertz CT molecular complexity index is 312. The van der Waals surface area contributed by atoms with Gasteiger partial charge in [0, 0.05) is 6.07 Å². The first kappa shape index (κ1) is 10.7. The van der Waals surface area contributed by atoms with Gasteiger partial charge in [-0.15, -0.1) is 0 Å². The van der Waals surface area contributed by atoms with Crippen LogP contribution in [0.3, 0.4) is 0 Å². The molecule has 0 aliphatic carbocycles. The van der Waals surface area contributed by atoms with Crippen molar-refractivity contribution in [1.82, 2.24) is 0 Å². The molecule has 0 atom stereocenters. The number of aryl methyl sites for hydroxylation is 1. The van der Waals surface area contributed by atoms with Crippen LogP contribution in [0.1, 0.15) is 5.56 Å². The Morgan fingerprint density at radius 1 is 1.29 bits per heavy atom. The molecule has 78 valence electrons. The SMILES string of the molecule is COc1cc(C)c(NCO)c(OC)c1. The standard InChI is InChI=1S/C10H15NO3/c1-7-4-8(13-2)5-9(14-3)10(7)11-6-12/h4-5,11-12H,6H2,1-3H3. The molecule has 0 fully saturated rings. The van der Waals surface area contributed by atoms with E-state index in [1.165, 1.54) is 0 Å². The maximum Gasteiger partial charge on any atom is 0.145 e. The number of nitrogens with one attached hydrogen (secondary N) is 1. The Morgan fingerprint density at radius 2 is 2.00 bits per heavy atom. The number of benzene rings is 1. The Kier molecular flexibility index (Phi) is 3.59. The fourth-order valence-electron chi connectivity index (χ4n) is 1.31. The molecule has 0 saturated heterocycles. The van der Waals surface area contributed by atoms with Gasteiger partial charge < -0.3 is 19.9 Å². The van der Waals surface area contributed by atoms with E-state index in [2.05, 4.69) is 5.32 Å². The van der Waals surface area contributed by atoms with Gasteiger partial charge in [-0.2, -0.15) is 0 Å². The molecule has 0 amide bonds. The molecule has 0 aliphatic rings. The normalized spacial score (nSPS) is 9.71. The van der Waals surface area contributed by atoms with Crippen LogP contribution < -0.4 is 14.8 Å². The van der Waals surface area contributed by atoms with E-state index in [-0.39, 0.29) is 6.73 Å². The highest BCUT2D eigenvalue weighted by atomic mass is 16.5. The molecule has 4 heteroatoms. The first-order valence-electron chi connectivity index (χ1n) is 4.30. The molecule has 1 rings (SSSR count). The van der Waals surface area contributed by atoms with E-state index in [9.17, 15) is 0 Å². The number of hydrogen-bond donors (Lipinski definition) is 2. The van der Waals surface area contributed by atoms with E-state index in [1.54, 1.807) is 20.3 Å². The van der Waals surface area contributed by atoms with Crippen LogP contribution in [-0.2, 0) is 0 Å². The number of hydrogen-bond acceptors (Lipinski definition) is 4. The van der Waals surface area contributed by atoms with Gasteiger partial charge in [0.05, 0.1) is 19.9 Å². The van der Waals surface area contributed by atoms with E-state index in [4.69, 9.17) is 14.6 Å². The average Bonchev–Trinajstić information content (AvgIpc) is 2.20. The van der Waals surface area contributed by atoms with Crippen LogP contribution in [0.4, 0.5) is 5.69 Å². The molecule has 0 aromatic heterocycles. The predicted molar refractivity (Wildman–Crippen MR) is 55.0 cm³/mol. The number of methoxy groups -OCH3 is 2. The van der Waals surface area contributed by atoms with Crippen molar-refractivity contribution in [2.45, 2.75) is 6.92 Å². The second-order valence-electron chi connectivity index (χ2n) is 2.86. The van der Waals surface area contributed by atoms with Gasteiger partial charge in [-0.1, -0.05) is 0 Å². The van der Waals surface area contributed by atoms with Crippen molar-refractivity contribution in [3.63, 3.8) is 0 Å². The smallest absolute Gasteiger partial charge is 0.145 e. The maximum atomic E-state index is 8.79. The second kappa shape index (κ2) is 4.72. The van der Waals surface area contributed by atoms with Gasteiger partial charge in [0.25, 0.3) is 0 Å². The van der Waals surface area contributed by atoms with Gasteiger partial charge >= 0.3 is 0 Å². The summed E-state index contributed by atoms with van der Waals surface area (Å²) < 4.78 is 10.3. The summed E-state index contributed by atoms with van der Waals surface area (Å²) in [5, 5.41) is 11.6. The summed E-state index contributed by atoms with van der Waals surface area (Å²) >= 11 is 0. The van der Waals surface area contributed by atoms with Crippen molar-refractivity contribution in [2.24, 2.45) is 0 Å². The fourth-order valence-corrected chi connectivity index (χ4v) is 1.31. The van der Waals surface area contributed by atoms with E-state index in [0.717, 1.165) is 17.0 Å². The molecule has 1 aromatic carbocycles. The van der Waals surface area contributed by atoms with Gasteiger partial charge in [0.1, 0.15) is 18.2 Å². The molecular weight excluding hydrogens is 182 g/mol. The van der Waals surface area contributed by atoms with Crippen molar-refractivity contribution >= 4 is 5.69 Å². The van der Waals surface area contributed by atoms with Crippen LogP contribution >= 0.6 is 0 Å². The summed E-state index contributed by atoms with van der Waals surface area (Å²) in [5.74, 6) is 1.40. The van der Waals surface area contributed by atoms with Crippen molar-refractivity contribution in [2.75, 3.05) is 26.3 Å². The van der Waals surface area contributed by atoms with Crippen molar-refractivity contribution in [3.8, 4) is 11.5 Å². The lowest BCUT2D eigenvalue weighted by molar-refractivity contribution is 0.324. The fraction of sp³-hybridized carbons (Fsp3) is 0.400. The molecule has 14 heavy (non-hydrogen) atoms. The zero-order valence-electron chi connectivity index (χ0n) is 8.63. The summed E-state index contributed by atoms with van der Waals surface area (Å²) in [5.41, 5.74) is 1.76. The number of rotatable bonds is 4. The van der Waals surface area contributed by atoms with Crippen LogP contribution in [0.25, 0.3) is 0 Å². The van der Waals surface area contributed by atoms with Crippen LogP contribution in [0.15, 0.2) is 12.1 Å². The van der Waals surface area contributed by atoms with Crippen LogP contribution in [0.5, 0.6) is 11.5 Å². The predicted octanol–water partition coefficient (Wildman–Crippen LogP) is 1.37. The first-order chi connectivity index (χ1) is 6.72. The van der Waals surface area contributed by atoms with Gasteiger partial charge in [-0.3, -0.25) is 0 Å². The summed E-state index contributed by atoms with van der Waals surface area (Å²) in [6.45, 7) is 1.80. The van der Waals surface area contributed by atoms with E-state index in [0.29, 0.717) is 5.75 Å². The summed E-state index contributed by atoms with van der Waals surface area (Å²) in [4.78, 5) is 0. The van der Waals surface area contributed by atoms with Crippen molar-refractivity contribution in [1.29, 1.82) is 0 Å². The van der Waals surface area contributed by atoms with Crippen LogP contribution in [0.2, 0.25) is 0 Å². The number of ether oxygens (including phenoxy) is 2. The first-order valence-corrected chi connectivity index (χ1v) is 4.30. The third-order valence-electron chi connectivity index (χ3n) is 1.98. The van der Waals surface area contributed by atoms with Crippen LogP contribution in [0, 0.1) is 6.92 Å². The number of aliphatic hydroxyl groups is 1. The monoisotopic (exact) mass is 197 g/mol. The Morgan fingerprint density at radius 3 is 2.50 bits per heavy atom. The minimum atomic E-state index is -0.121. The molecule has 0 unspecified atom stereocenters. The minimum absolute atomic E-state index is 0.121. The van der Waals surface area contributed by atoms with Gasteiger partial charge in [-0.05, 0) is 18.6 Å². The van der Waals surface area contributed by atoms with Crippen molar-refractivity contribution in [3.05, 3.63) is 17.7 Å². The molecule has 2 N–H and O–H groups in total. The Balaban J connectivity index is 3.13. The molecule has 0 radical (unpaired) electrons. The molecule has 4 nitrogen and oxygen atoms in total. The van der Waals surface area contributed by atoms with Gasteiger partial charge in [0.2, 0.25) is 0 Å². The lowest BCUT2D eigenvalue weighted by atomic mass is 10.1. The van der Waals surface area contributed by atoms with E-state index in [1.807, 2.05) is 13.0 Å². The van der Waals surface area contributed by atoms with Gasteiger partial charge in [0.15, 0.2) is 0 Å². The Hall–Kier alpha value is -1.42. The molecule has 0 saturated carbocycles.